The fourth-order valence-electron chi connectivity index (χ4n) is 2.04. The Labute approximate surface area is 121 Å². The van der Waals surface area contributed by atoms with E-state index in [1.807, 2.05) is 13.8 Å². The summed E-state index contributed by atoms with van der Waals surface area (Å²) in [5, 5.41) is 2.53. The zero-order chi connectivity index (χ0) is 16.0. The van der Waals surface area contributed by atoms with E-state index in [1.165, 1.54) is 6.07 Å². The first kappa shape index (κ1) is 17.4. The van der Waals surface area contributed by atoms with Gasteiger partial charge in [0.25, 0.3) is 0 Å². The van der Waals surface area contributed by atoms with Crippen LogP contribution in [0.25, 0.3) is 0 Å². The Kier molecular flexibility index (Phi) is 6.14. The van der Waals surface area contributed by atoms with Gasteiger partial charge in [0.2, 0.25) is 5.91 Å². The van der Waals surface area contributed by atoms with Gasteiger partial charge >= 0.3 is 6.18 Å². The normalized spacial score (nSPS) is 13.3. The largest absolute Gasteiger partial charge is 0.433 e. The van der Waals surface area contributed by atoms with Crippen molar-refractivity contribution >= 4 is 11.6 Å². The number of halogens is 3. The molecule has 0 saturated heterocycles. The number of hydrogen-bond acceptors (Lipinski definition) is 3. The molecule has 0 aromatic carbocycles. The molecule has 0 spiro atoms. The van der Waals surface area contributed by atoms with E-state index >= 15 is 0 Å². The van der Waals surface area contributed by atoms with Crippen LogP contribution in [0.2, 0.25) is 0 Å². The predicted molar refractivity (Wildman–Crippen MR) is 74.5 cm³/mol. The van der Waals surface area contributed by atoms with Crippen molar-refractivity contribution < 1.29 is 18.0 Å². The number of nitrogens with two attached hydrogens (primary N) is 1. The number of carbonyl (C=O) groups excluding carboxylic acids is 1. The average Bonchev–Trinajstić information content (AvgIpc) is 2.36. The maximum absolute atomic E-state index is 12.4. The number of aromatic nitrogens is 1. The van der Waals surface area contributed by atoms with Crippen LogP contribution in [0.5, 0.6) is 0 Å². The first-order chi connectivity index (χ1) is 9.72. The minimum absolute atomic E-state index is 0.0624. The molecule has 1 amide bonds. The Balaban J connectivity index is 2.58. The van der Waals surface area contributed by atoms with Crippen molar-refractivity contribution in [3.8, 4) is 0 Å². The van der Waals surface area contributed by atoms with Crippen molar-refractivity contribution in [2.75, 3.05) is 11.9 Å². The number of amides is 1. The molecule has 21 heavy (non-hydrogen) atoms. The predicted octanol–water partition coefficient (Wildman–Crippen LogP) is 3.05. The molecule has 3 N–H and O–H groups in total. The van der Waals surface area contributed by atoms with Crippen LogP contribution in [-0.4, -0.2) is 17.4 Å². The van der Waals surface area contributed by atoms with Crippen molar-refractivity contribution in [3.05, 3.63) is 24.0 Å². The molecule has 1 atom stereocenters. The second kappa shape index (κ2) is 7.40. The van der Waals surface area contributed by atoms with E-state index in [1.54, 1.807) is 0 Å². The lowest BCUT2D eigenvalue weighted by molar-refractivity contribution is -0.141. The van der Waals surface area contributed by atoms with Gasteiger partial charge in [0.15, 0.2) is 0 Å². The van der Waals surface area contributed by atoms with Crippen molar-refractivity contribution in [2.45, 2.75) is 32.9 Å². The van der Waals surface area contributed by atoms with Crippen LogP contribution in [0.1, 0.15) is 32.4 Å². The molecule has 1 heterocycles. The third-order valence-electron chi connectivity index (χ3n) is 2.95. The van der Waals surface area contributed by atoms with E-state index in [2.05, 4.69) is 10.3 Å². The first-order valence-corrected chi connectivity index (χ1v) is 6.75. The zero-order valence-electron chi connectivity index (χ0n) is 12.1. The Morgan fingerprint density at radius 2 is 2.05 bits per heavy atom. The van der Waals surface area contributed by atoms with E-state index in [9.17, 15) is 18.0 Å². The van der Waals surface area contributed by atoms with Crippen LogP contribution < -0.4 is 11.1 Å². The number of alkyl halides is 3. The minimum Gasteiger partial charge on any atom is -0.330 e. The van der Waals surface area contributed by atoms with Gasteiger partial charge in [0.05, 0.1) is 11.9 Å². The highest BCUT2D eigenvalue weighted by atomic mass is 19.4. The average molecular weight is 303 g/mol. The van der Waals surface area contributed by atoms with Gasteiger partial charge in [-0.1, -0.05) is 13.8 Å². The molecule has 0 aliphatic heterocycles. The van der Waals surface area contributed by atoms with Crippen LogP contribution in [0.3, 0.4) is 0 Å². The lowest BCUT2D eigenvalue weighted by Gasteiger charge is -2.16. The lowest BCUT2D eigenvalue weighted by atomic mass is 9.94. The van der Waals surface area contributed by atoms with Crippen LogP contribution in [0.4, 0.5) is 18.9 Å². The molecular weight excluding hydrogens is 283 g/mol. The second-order valence-electron chi connectivity index (χ2n) is 5.41. The minimum atomic E-state index is -4.48. The smallest absolute Gasteiger partial charge is 0.330 e. The molecule has 118 valence electrons. The van der Waals surface area contributed by atoms with Gasteiger partial charge in [-0.05, 0) is 36.9 Å². The molecule has 1 rings (SSSR count). The van der Waals surface area contributed by atoms with Gasteiger partial charge in [-0.25, -0.2) is 4.98 Å². The van der Waals surface area contributed by atoms with Gasteiger partial charge in [-0.2, -0.15) is 13.2 Å². The summed E-state index contributed by atoms with van der Waals surface area (Å²) in [6.07, 6.45) is -2.41. The van der Waals surface area contributed by atoms with E-state index in [0.29, 0.717) is 12.5 Å². The topological polar surface area (TPSA) is 68.0 Å². The fraction of sp³-hybridized carbons (Fsp3) is 0.571. The molecule has 0 aliphatic carbocycles. The molecule has 0 radical (unpaired) electrons. The van der Waals surface area contributed by atoms with Crippen molar-refractivity contribution in [1.82, 2.24) is 4.98 Å². The number of carbonyl (C=O) groups is 1. The Morgan fingerprint density at radius 1 is 1.38 bits per heavy atom. The number of anilines is 1. The Morgan fingerprint density at radius 3 is 2.48 bits per heavy atom. The first-order valence-electron chi connectivity index (χ1n) is 6.75. The van der Waals surface area contributed by atoms with Gasteiger partial charge < -0.3 is 11.1 Å². The summed E-state index contributed by atoms with van der Waals surface area (Å²) < 4.78 is 37.1. The molecular formula is C14H20F3N3O. The summed E-state index contributed by atoms with van der Waals surface area (Å²) >= 11 is 0. The fourth-order valence-corrected chi connectivity index (χ4v) is 2.04. The van der Waals surface area contributed by atoms with E-state index in [0.717, 1.165) is 18.7 Å². The van der Waals surface area contributed by atoms with E-state index in [4.69, 9.17) is 5.73 Å². The summed E-state index contributed by atoms with van der Waals surface area (Å²) in [5.41, 5.74) is 4.87. The molecule has 1 aromatic rings. The van der Waals surface area contributed by atoms with Gasteiger partial charge in [0, 0.05) is 6.42 Å². The standard InChI is InChI=1S/C14H20F3N3O/c1-9(2)5-10(7-18)6-13(21)20-11-3-4-12(19-8-11)14(15,16)17/h3-4,8-10H,5-7,18H2,1-2H3,(H,20,21)/t10-/m0/s1. The molecule has 0 bridgehead atoms. The monoisotopic (exact) mass is 303 g/mol. The zero-order valence-corrected chi connectivity index (χ0v) is 12.1. The molecule has 4 nitrogen and oxygen atoms in total. The summed E-state index contributed by atoms with van der Waals surface area (Å²) in [5.74, 6) is 0.221. The van der Waals surface area contributed by atoms with E-state index in [-0.39, 0.29) is 23.9 Å². The van der Waals surface area contributed by atoms with Crippen molar-refractivity contribution in [2.24, 2.45) is 17.6 Å². The molecule has 0 unspecified atom stereocenters. The summed E-state index contributed by atoms with van der Waals surface area (Å²) in [6, 6.07) is 2.03. The maximum Gasteiger partial charge on any atom is 0.433 e. The summed E-state index contributed by atoms with van der Waals surface area (Å²) in [7, 11) is 0. The van der Waals surface area contributed by atoms with E-state index < -0.39 is 11.9 Å². The highest BCUT2D eigenvalue weighted by molar-refractivity contribution is 5.90. The molecule has 0 aliphatic rings. The van der Waals surface area contributed by atoms with Crippen LogP contribution in [-0.2, 0) is 11.0 Å². The number of pyridine rings is 1. The summed E-state index contributed by atoms with van der Waals surface area (Å²) in [4.78, 5) is 15.1. The number of hydrogen-bond donors (Lipinski definition) is 2. The molecule has 1 aromatic heterocycles. The third kappa shape index (κ3) is 6.12. The Bertz CT molecular complexity index is 458. The quantitative estimate of drug-likeness (QED) is 0.848. The number of rotatable bonds is 6. The SMILES string of the molecule is CC(C)C[C@H](CN)CC(=O)Nc1ccc(C(F)(F)F)nc1. The van der Waals surface area contributed by atoms with Gasteiger partial charge in [-0.15, -0.1) is 0 Å². The van der Waals surface area contributed by atoms with Crippen molar-refractivity contribution in [1.29, 1.82) is 0 Å². The third-order valence-corrected chi connectivity index (χ3v) is 2.95. The van der Waals surface area contributed by atoms with Crippen LogP contribution in [0, 0.1) is 11.8 Å². The van der Waals surface area contributed by atoms with Crippen LogP contribution >= 0.6 is 0 Å². The molecule has 7 heteroatoms. The highest BCUT2D eigenvalue weighted by Crippen LogP contribution is 2.27. The Hall–Kier alpha value is -1.63. The molecule has 0 fully saturated rings. The van der Waals surface area contributed by atoms with Crippen LogP contribution in [0.15, 0.2) is 18.3 Å². The summed E-state index contributed by atoms with van der Waals surface area (Å²) in [6.45, 7) is 4.48. The van der Waals surface area contributed by atoms with Gasteiger partial charge in [-0.3, -0.25) is 4.79 Å². The van der Waals surface area contributed by atoms with Gasteiger partial charge in [0.1, 0.15) is 5.69 Å². The maximum atomic E-state index is 12.4. The van der Waals surface area contributed by atoms with Crippen molar-refractivity contribution in [3.63, 3.8) is 0 Å². The molecule has 0 saturated carbocycles. The lowest BCUT2D eigenvalue weighted by Crippen LogP contribution is -2.23. The number of nitrogens with zero attached hydrogens (tertiary/aromatic N) is 1. The second-order valence-corrected chi connectivity index (χ2v) is 5.41. The number of nitrogens with one attached hydrogen (secondary N) is 1. The highest BCUT2D eigenvalue weighted by Gasteiger charge is 2.32.